The predicted octanol–water partition coefficient (Wildman–Crippen LogP) is 3.85. The van der Waals surface area contributed by atoms with Gasteiger partial charge in [-0.15, -0.1) is 0 Å². The van der Waals surface area contributed by atoms with E-state index in [9.17, 15) is 0 Å². The van der Waals surface area contributed by atoms with Crippen LogP contribution >= 0.6 is 12.2 Å². The molecule has 2 aromatic heterocycles. The number of aryl methyl sites for hydroxylation is 1. The monoisotopic (exact) mass is 360 g/mol. The zero-order valence-corrected chi connectivity index (χ0v) is 14.8. The van der Waals surface area contributed by atoms with Crippen LogP contribution in [-0.2, 0) is 12.8 Å². The van der Waals surface area contributed by atoms with Crippen molar-refractivity contribution in [3.05, 3.63) is 64.1 Å². The highest BCUT2D eigenvalue weighted by molar-refractivity contribution is 7.71. The van der Waals surface area contributed by atoms with Gasteiger partial charge in [0.05, 0.1) is 6.21 Å². The molecular weight excluding hydrogens is 344 g/mol. The molecule has 0 fully saturated rings. The number of hydrogen-bond donors (Lipinski definition) is 2. The van der Waals surface area contributed by atoms with Gasteiger partial charge in [0.1, 0.15) is 5.69 Å². The van der Waals surface area contributed by atoms with Gasteiger partial charge in [-0.1, -0.05) is 42.5 Å². The van der Waals surface area contributed by atoms with Crippen molar-refractivity contribution in [1.29, 1.82) is 0 Å². The van der Waals surface area contributed by atoms with Crippen LogP contribution in [0.4, 0.5) is 0 Å². The zero-order chi connectivity index (χ0) is 17.5. The minimum absolute atomic E-state index is 0.450. The summed E-state index contributed by atoms with van der Waals surface area (Å²) in [4.78, 5) is 0. The smallest absolute Gasteiger partial charge is 0.216 e. The van der Waals surface area contributed by atoms with E-state index in [1.807, 2.05) is 30.5 Å². The summed E-state index contributed by atoms with van der Waals surface area (Å²) in [6.45, 7) is 0. The topological polar surface area (TPSA) is 74.7 Å². The van der Waals surface area contributed by atoms with E-state index in [0.29, 0.717) is 10.6 Å². The second-order valence-electron chi connectivity index (χ2n) is 6.36. The molecule has 0 spiro atoms. The second kappa shape index (κ2) is 6.03. The Bertz CT molecular complexity index is 1190. The fraction of sp³-hybridized carbons (Fsp3) is 0.158. The average Bonchev–Trinajstić information content (AvgIpc) is 3.36. The van der Waals surface area contributed by atoms with Gasteiger partial charge < -0.3 is 0 Å². The third-order valence-electron chi connectivity index (χ3n) is 4.80. The summed E-state index contributed by atoms with van der Waals surface area (Å²) in [6, 6.07) is 14.4. The molecule has 2 heterocycles. The molecule has 0 unspecified atom stereocenters. The standard InChI is InChI=1S/C19H16N6S/c26-19-24-23-18(17-15-9-4-10-16(15)21-22-17)25(19)20-11-13-7-3-6-12-5-1-2-8-14(12)13/h1-3,5-8,11H,4,9-10H2,(H,21,22)(H,24,26)/b20-11-. The lowest BCUT2D eigenvalue weighted by atomic mass is 10.1. The van der Waals surface area contributed by atoms with Crippen LogP contribution in [0.1, 0.15) is 23.2 Å². The first kappa shape index (κ1) is 15.2. The van der Waals surface area contributed by atoms with Gasteiger partial charge in [0.15, 0.2) is 0 Å². The number of fused-ring (bicyclic) bond motifs is 2. The Morgan fingerprint density at radius 2 is 1.92 bits per heavy atom. The van der Waals surface area contributed by atoms with E-state index >= 15 is 0 Å². The van der Waals surface area contributed by atoms with Crippen LogP contribution in [0, 0.1) is 4.77 Å². The molecule has 2 N–H and O–H groups in total. The number of hydrogen-bond acceptors (Lipinski definition) is 4. The van der Waals surface area contributed by atoms with Crippen molar-refractivity contribution in [1.82, 2.24) is 25.1 Å². The molecule has 0 atom stereocenters. The first-order valence-electron chi connectivity index (χ1n) is 8.57. The molecule has 6 nitrogen and oxygen atoms in total. The van der Waals surface area contributed by atoms with Crippen molar-refractivity contribution in [3.8, 4) is 11.5 Å². The molecule has 7 heteroatoms. The maximum atomic E-state index is 5.38. The predicted molar refractivity (Wildman–Crippen MR) is 104 cm³/mol. The van der Waals surface area contributed by atoms with Crippen molar-refractivity contribution >= 4 is 29.2 Å². The van der Waals surface area contributed by atoms with Gasteiger partial charge in [-0.2, -0.15) is 20.0 Å². The van der Waals surface area contributed by atoms with Crippen molar-refractivity contribution in [2.45, 2.75) is 19.3 Å². The van der Waals surface area contributed by atoms with Crippen molar-refractivity contribution in [2.24, 2.45) is 5.10 Å². The number of nitrogens with zero attached hydrogens (tertiary/aromatic N) is 4. The van der Waals surface area contributed by atoms with Gasteiger partial charge >= 0.3 is 0 Å². The van der Waals surface area contributed by atoms with E-state index in [-0.39, 0.29) is 0 Å². The number of aromatic amines is 2. The highest BCUT2D eigenvalue weighted by Crippen LogP contribution is 2.29. The summed E-state index contributed by atoms with van der Waals surface area (Å²) >= 11 is 5.38. The summed E-state index contributed by atoms with van der Waals surface area (Å²) < 4.78 is 2.09. The number of nitrogens with one attached hydrogen (secondary N) is 2. The molecule has 26 heavy (non-hydrogen) atoms. The second-order valence-corrected chi connectivity index (χ2v) is 6.75. The molecule has 0 amide bonds. The molecule has 2 aromatic carbocycles. The summed E-state index contributed by atoms with van der Waals surface area (Å²) in [7, 11) is 0. The van der Waals surface area contributed by atoms with Gasteiger partial charge in [-0.05, 0) is 42.3 Å². The highest BCUT2D eigenvalue weighted by atomic mass is 32.1. The average molecular weight is 360 g/mol. The molecule has 0 aliphatic heterocycles. The SMILES string of the molecule is S=c1[nH]nc(-c2n[nH]c3c2CCC3)n1/N=C\c1cccc2ccccc12. The minimum atomic E-state index is 0.450. The van der Waals surface area contributed by atoms with E-state index in [0.717, 1.165) is 35.9 Å². The normalized spacial score (nSPS) is 13.7. The maximum Gasteiger partial charge on any atom is 0.216 e. The van der Waals surface area contributed by atoms with Crippen LogP contribution in [0.15, 0.2) is 47.6 Å². The van der Waals surface area contributed by atoms with Crippen LogP contribution in [0.2, 0.25) is 0 Å². The van der Waals surface area contributed by atoms with E-state index in [1.165, 1.54) is 16.6 Å². The van der Waals surface area contributed by atoms with Crippen LogP contribution < -0.4 is 0 Å². The Morgan fingerprint density at radius 3 is 2.88 bits per heavy atom. The Balaban J connectivity index is 1.60. The fourth-order valence-corrected chi connectivity index (χ4v) is 3.72. The minimum Gasteiger partial charge on any atom is -0.282 e. The summed E-state index contributed by atoms with van der Waals surface area (Å²) in [5, 5.41) is 21.7. The molecular formula is C19H16N6S. The highest BCUT2D eigenvalue weighted by Gasteiger charge is 2.23. The summed E-state index contributed by atoms with van der Waals surface area (Å²) in [5.74, 6) is 0.644. The van der Waals surface area contributed by atoms with Crippen molar-refractivity contribution in [2.75, 3.05) is 0 Å². The van der Waals surface area contributed by atoms with Crippen molar-refractivity contribution in [3.63, 3.8) is 0 Å². The van der Waals surface area contributed by atoms with Crippen molar-refractivity contribution < 1.29 is 0 Å². The molecule has 4 aromatic rings. The molecule has 0 saturated heterocycles. The third kappa shape index (κ3) is 2.40. The quantitative estimate of drug-likeness (QED) is 0.430. The Hall–Kier alpha value is -3.06. The molecule has 0 saturated carbocycles. The lowest BCUT2D eigenvalue weighted by Gasteiger charge is -2.02. The van der Waals surface area contributed by atoms with Gasteiger partial charge in [0.25, 0.3) is 0 Å². The number of benzene rings is 2. The number of aromatic nitrogens is 5. The molecule has 1 aliphatic carbocycles. The maximum absolute atomic E-state index is 5.38. The summed E-state index contributed by atoms with van der Waals surface area (Å²) in [6.07, 6.45) is 5.01. The van der Waals surface area contributed by atoms with Gasteiger partial charge in [0, 0.05) is 16.8 Å². The lowest BCUT2D eigenvalue weighted by molar-refractivity contribution is 0.844. The Kier molecular flexibility index (Phi) is 3.53. The van der Waals surface area contributed by atoms with Crippen LogP contribution in [0.5, 0.6) is 0 Å². The number of rotatable bonds is 3. The Morgan fingerprint density at radius 1 is 1.04 bits per heavy atom. The molecule has 1 aliphatic rings. The van der Waals surface area contributed by atoms with Crippen LogP contribution in [0.25, 0.3) is 22.3 Å². The first-order valence-corrected chi connectivity index (χ1v) is 8.98. The van der Waals surface area contributed by atoms with Gasteiger partial charge in [0.2, 0.25) is 10.6 Å². The third-order valence-corrected chi connectivity index (χ3v) is 5.07. The first-order chi connectivity index (χ1) is 12.8. The van der Waals surface area contributed by atoms with Gasteiger partial charge in [-0.3, -0.25) is 5.10 Å². The molecule has 128 valence electrons. The van der Waals surface area contributed by atoms with E-state index < -0.39 is 0 Å². The van der Waals surface area contributed by atoms with E-state index in [1.54, 1.807) is 4.68 Å². The molecule has 0 bridgehead atoms. The fourth-order valence-electron chi connectivity index (χ4n) is 3.54. The Labute approximate surface area is 154 Å². The van der Waals surface area contributed by atoms with Crippen LogP contribution in [-0.4, -0.2) is 31.3 Å². The lowest BCUT2D eigenvalue weighted by Crippen LogP contribution is -1.97. The van der Waals surface area contributed by atoms with Gasteiger partial charge in [-0.25, -0.2) is 5.10 Å². The zero-order valence-electron chi connectivity index (χ0n) is 13.9. The van der Waals surface area contributed by atoms with E-state index in [2.05, 4.69) is 43.7 Å². The number of H-pyrrole nitrogens is 2. The largest absolute Gasteiger partial charge is 0.282 e. The van der Waals surface area contributed by atoms with E-state index in [4.69, 9.17) is 12.2 Å². The molecule has 5 rings (SSSR count). The summed E-state index contributed by atoms with van der Waals surface area (Å²) in [5.41, 5.74) is 4.28. The molecule has 0 radical (unpaired) electrons. The van der Waals surface area contributed by atoms with Crippen LogP contribution in [0.3, 0.4) is 0 Å².